The van der Waals surface area contributed by atoms with E-state index in [0.717, 1.165) is 5.56 Å². The molecule has 0 heterocycles. The monoisotopic (exact) mass is 258 g/mol. The minimum absolute atomic E-state index is 0.192. The van der Waals surface area contributed by atoms with Crippen LogP contribution < -0.4 is 10.1 Å². The highest BCUT2D eigenvalue weighted by Crippen LogP contribution is 2.26. The fourth-order valence-electron chi connectivity index (χ4n) is 1.43. The molecule has 0 unspecified atom stereocenters. The molecule has 0 saturated carbocycles. The smallest absolute Gasteiger partial charge is 0.246 e. The summed E-state index contributed by atoms with van der Waals surface area (Å²) >= 11 is 0. The third-order valence-electron chi connectivity index (χ3n) is 2.37. The summed E-state index contributed by atoms with van der Waals surface area (Å²) in [5.41, 5.74) is 0.897. The Labute approximate surface area is 102 Å². The molecular weight excluding hydrogens is 240 g/mol. The number of hydrogen-bond donors (Lipinski definition) is 1. The second-order valence-corrected chi connectivity index (χ2v) is 5.92. The average Bonchev–Trinajstić information content (AvgIpc) is 2.29. The lowest BCUT2D eigenvalue weighted by Crippen LogP contribution is -2.23. The van der Waals surface area contributed by atoms with Gasteiger partial charge in [-0.2, -0.15) is 0 Å². The average molecular weight is 258 g/mol. The molecule has 5 nitrogen and oxygen atoms in total. The molecule has 0 aliphatic carbocycles. The second-order valence-electron chi connectivity index (χ2n) is 3.80. The van der Waals surface area contributed by atoms with Crippen LogP contribution in [-0.2, 0) is 16.6 Å². The van der Waals surface area contributed by atoms with Crippen molar-refractivity contribution in [3.05, 3.63) is 23.8 Å². The van der Waals surface area contributed by atoms with Crippen molar-refractivity contribution in [2.75, 3.05) is 28.3 Å². The van der Waals surface area contributed by atoms with Crippen LogP contribution in [0.1, 0.15) is 5.56 Å². The molecule has 0 fully saturated rings. The van der Waals surface area contributed by atoms with Gasteiger partial charge in [-0.05, 0) is 24.7 Å². The molecule has 96 valence electrons. The summed E-state index contributed by atoms with van der Waals surface area (Å²) in [5.74, 6) is 0.360. The molecule has 17 heavy (non-hydrogen) atoms. The maximum absolute atomic E-state index is 12.1. The van der Waals surface area contributed by atoms with E-state index in [1.807, 2.05) is 13.1 Å². The topological polar surface area (TPSA) is 58.6 Å². The summed E-state index contributed by atoms with van der Waals surface area (Å²) < 4.78 is 30.5. The number of benzene rings is 1. The number of sulfonamides is 1. The van der Waals surface area contributed by atoms with E-state index in [1.54, 1.807) is 12.1 Å². The lowest BCUT2D eigenvalue weighted by molar-refractivity contribution is 0.400. The quantitative estimate of drug-likeness (QED) is 0.843. The van der Waals surface area contributed by atoms with E-state index in [0.29, 0.717) is 12.3 Å². The number of hydrogen-bond acceptors (Lipinski definition) is 4. The molecule has 1 N–H and O–H groups in total. The van der Waals surface area contributed by atoms with E-state index >= 15 is 0 Å². The number of rotatable bonds is 5. The standard InChI is InChI=1S/C11H18N2O3S/c1-12-8-9-5-6-10(16-4)11(7-9)17(14,15)13(2)3/h5-7,12H,8H2,1-4H3. The Morgan fingerprint density at radius 2 is 2.00 bits per heavy atom. The fourth-order valence-corrected chi connectivity index (χ4v) is 2.53. The van der Waals surface area contributed by atoms with E-state index in [1.165, 1.54) is 25.5 Å². The molecule has 0 saturated heterocycles. The maximum Gasteiger partial charge on any atom is 0.246 e. The van der Waals surface area contributed by atoms with Crippen LogP contribution >= 0.6 is 0 Å². The van der Waals surface area contributed by atoms with Crippen LogP contribution in [0.5, 0.6) is 5.75 Å². The van der Waals surface area contributed by atoms with E-state index in [4.69, 9.17) is 4.74 Å². The Kier molecular flexibility index (Phi) is 4.50. The van der Waals surface area contributed by atoms with Crippen LogP contribution in [0.2, 0.25) is 0 Å². The largest absolute Gasteiger partial charge is 0.495 e. The summed E-state index contributed by atoms with van der Waals surface area (Å²) in [6.45, 7) is 0.611. The summed E-state index contributed by atoms with van der Waals surface area (Å²) in [5, 5.41) is 2.98. The highest BCUT2D eigenvalue weighted by molar-refractivity contribution is 7.89. The molecular formula is C11H18N2O3S. The first-order chi connectivity index (χ1) is 7.93. The van der Waals surface area contributed by atoms with E-state index in [9.17, 15) is 8.42 Å². The number of methoxy groups -OCH3 is 1. The predicted molar refractivity (Wildman–Crippen MR) is 66.6 cm³/mol. The molecule has 0 aliphatic heterocycles. The van der Waals surface area contributed by atoms with Crippen LogP contribution in [0, 0.1) is 0 Å². The van der Waals surface area contributed by atoms with Crippen molar-refractivity contribution >= 4 is 10.0 Å². The molecule has 0 aromatic heterocycles. The summed E-state index contributed by atoms with van der Waals surface area (Å²) in [4.78, 5) is 0.192. The van der Waals surface area contributed by atoms with Gasteiger partial charge in [0.15, 0.2) is 0 Å². The predicted octanol–water partition coefficient (Wildman–Crippen LogP) is 0.665. The Balaban J connectivity index is 3.33. The van der Waals surface area contributed by atoms with Gasteiger partial charge >= 0.3 is 0 Å². The van der Waals surface area contributed by atoms with Gasteiger partial charge < -0.3 is 10.1 Å². The summed E-state index contributed by atoms with van der Waals surface area (Å²) in [6.07, 6.45) is 0. The summed E-state index contributed by atoms with van der Waals surface area (Å²) in [6, 6.07) is 5.14. The molecule has 0 aliphatic rings. The van der Waals surface area contributed by atoms with Gasteiger partial charge in [0.25, 0.3) is 0 Å². The SMILES string of the molecule is CNCc1ccc(OC)c(S(=O)(=O)N(C)C)c1. The molecule has 0 amide bonds. The van der Waals surface area contributed by atoms with Crippen LogP contribution in [0.4, 0.5) is 0 Å². The molecule has 1 rings (SSSR count). The van der Waals surface area contributed by atoms with Crippen molar-refractivity contribution in [2.45, 2.75) is 11.4 Å². The highest BCUT2D eigenvalue weighted by Gasteiger charge is 2.22. The zero-order valence-electron chi connectivity index (χ0n) is 10.5. The Hall–Kier alpha value is -1.11. The molecule has 1 aromatic rings. The minimum atomic E-state index is -3.48. The Morgan fingerprint density at radius 1 is 1.35 bits per heavy atom. The van der Waals surface area contributed by atoms with Crippen LogP contribution in [0.25, 0.3) is 0 Å². The fraction of sp³-hybridized carbons (Fsp3) is 0.455. The van der Waals surface area contributed by atoms with Crippen molar-refractivity contribution in [1.82, 2.24) is 9.62 Å². The number of nitrogens with one attached hydrogen (secondary N) is 1. The van der Waals surface area contributed by atoms with Gasteiger partial charge in [0.1, 0.15) is 10.6 Å². The highest BCUT2D eigenvalue weighted by atomic mass is 32.2. The lowest BCUT2D eigenvalue weighted by atomic mass is 10.2. The molecule has 6 heteroatoms. The number of nitrogens with zero attached hydrogens (tertiary/aromatic N) is 1. The van der Waals surface area contributed by atoms with Gasteiger partial charge in [-0.15, -0.1) is 0 Å². The Morgan fingerprint density at radius 3 is 2.47 bits per heavy atom. The molecule has 0 radical (unpaired) electrons. The van der Waals surface area contributed by atoms with Gasteiger partial charge in [-0.1, -0.05) is 6.07 Å². The molecule has 0 spiro atoms. The van der Waals surface area contributed by atoms with E-state index < -0.39 is 10.0 Å². The van der Waals surface area contributed by atoms with Crippen molar-refractivity contribution in [2.24, 2.45) is 0 Å². The minimum Gasteiger partial charge on any atom is -0.495 e. The van der Waals surface area contributed by atoms with Gasteiger partial charge in [0, 0.05) is 20.6 Å². The van der Waals surface area contributed by atoms with Gasteiger partial charge in [0.2, 0.25) is 10.0 Å². The molecule has 1 aromatic carbocycles. The van der Waals surface area contributed by atoms with Crippen molar-refractivity contribution in [1.29, 1.82) is 0 Å². The summed E-state index contributed by atoms with van der Waals surface area (Å²) in [7, 11) is 2.79. The zero-order chi connectivity index (χ0) is 13.1. The zero-order valence-corrected chi connectivity index (χ0v) is 11.3. The van der Waals surface area contributed by atoms with E-state index in [2.05, 4.69) is 5.32 Å². The van der Waals surface area contributed by atoms with Gasteiger partial charge in [-0.3, -0.25) is 0 Å². The van der Waals surface area contributed by atoms with Crippen molar-refractivity contribution in [3.8, 4) is 5.75 Å². The first-order valence-electron chi connectivity index (χ1n) is 5.17. The first-order valence-corrected chi connectivity index (χ1v) is 6.61. The second kappa shape index (κ2) is 5.48. The maximum atomic E-state index is 12.1. The number of ether oxygens (including phenoxy) is 1. The van der Waals surface area contributed by atoms with Gasteiger partial charge in [0.05, 0.1) is 7.11 Å². The van der Waals surface area contributed by atoms with Crippen molar-refractivity contribution in [3.63, 3.8) is 0 Å². The van der Waals surface area contributed by atoms with Gasteiger partial charge in [-0.25, -0.2) is 12.7 Å². The van der Waals surface area contributed by atoms with Crippen LogP contribution in [0.3, 0.4) is 0 Å². The van der Waals surface area contributed by atoms with Crippen molar-refractivity contribution < 1.29 is 13.2 Å². The molecule has 0 bridgehead atoms. The lowest BCUT2D eigenvalue weighted by Gasteiger charge is -2.15. The third kappa shape index (κ3) is 2.96. The van der Waals surface area contributed by atoms with Crippen LogP contribution in [0.15, 0.2) is 23.1 Å². The Bertz CT molecular complexity index is 483. The van der Waals surface area contributed by atoms with E-state index in [-0.39, 0.29) is 4.90 Å². The first kappa shape index (κ1) is 14.0. The third-order valence-corrected chi connectivity index (χ3v) is 4.20. The molecule has 0 atom stereocenters. The van der Waals surface area contributed by atoms with Crippen LogP contribution in [-0.4, -0.2) is 41.0 Å². The normalized spacial score (nSPS) is 11.8.